The highest BCUT2D eigenvalue weighted by molar-refractivity contribution is 7.85. The van der Waals surface area contributed by atoms with E-state index in [4.69, 9.17) is 16.3 Å². The van der Waals surface area contributed by atoms with Crippen LogP contribution in [-0.4, -0.2) is 27.8 Å². The van der Waals surface area contributed by atoms with E-state index < -0.39 is 15.7 Å². The predicted molar refractivity (Wildman–Crippen MR) is 91.5 cm³/mol. The molecule has 0 aliphatic carbocycles. The van der Waals surface area contributed by atoms with Crippen molar-refractivity contribution in [2.75, 3.05) is 13.0 Å². The third kappa shape index (κ3) is 5.79. The lowest BCUT2D eigenvalue weighted by molar-refractivity contribution is 0.379. The first kappa shape index (κ1) is 18.2. The molecule has 5 heteroatoms. The molecule has 0 N–H and O–H groups in total. The second-order valence-electron chi connectivity index (χ2n) is 5.79. The van der Waals surface area contributed by atoms with Crippen molar-refractivity contribution in [3.8, 4) is 0 Å². The fourth-order valence-electron chi connectivity index (χ4n) is 1.86. The standard InChI is InChI=1S/C16H24ClNO2S/c1-16(2,3)21(19)18-15(20-4)14(11-8-12-17)13-9-6-5-7-10-13/h5-7,9-10,14H,8,11-12H2,1-4H3/b18-15-/t14-,21+/m0/s1. The van der Waals surface area contributed by atoms with Crippen molar-refractivity contribution in [1.29, 1.82) is 0 Å². The van der Waals surface area contributed by atoms with Gasteiger partial charge < -0.3 is 4.74 Å². The van der Waals surface area contributed by atoms with E-state index in [1.54, 1.807) is 7.11 Å². The Balaban J connectivity index is 3.10. The molecule has 0 heterocycles. The fraction of sp³-hybridized carbons (Fsp3) is 0.562. The second kappa shape index (κ2) is 8.54. The minimum Gasteiger partial charge on any atom is -0.483 e. The first-order valence-corrected chi connectivity index (χ1v) is 8.69. The molecule has 0 spiro atoms. The molecule has 0 aromatic heterocycles. The zero-order chi connectivity index (χ0) is 15.9. The van der Waals surface area contributed by atoms with Crippen molar-refractivity contribution in [2.24, 2.45) is 4.40 Å². The van der Waals surface area contributed by atoms with Gasteiger partial charge >= 0.3 is 0 Å². The van der Waals surface area contributed by atoms with Crippen LogP contribution in [0.2, 0.25) is 0 Å². The largest absolute Gasteiger partial charge is 0.483 e. The summed E-state index contributed by atoms with van der Waals surface area (Å²) in [4.78, 5) is 0. The van der Waals surface area contributed by atoms with E-state index in [0.717, 1.165) is 18.4 Å². The molecular weight excluding hydrogens is 306 g/mol. The van der Waals surface area contributed by atoms with Crippen LogP contribution in [0.3, 0.4) is 0 Å². The Bertz CT molecular complexity index is 483. The van der Waals surface area contributed by atoms with Crippen molar-refractivity contribution < 1.29 is 8.95 Å². The lowest BCUT2D eigenvalue weighted by Gasteiger charge is -2.20. The van der Waals surface area contributed by atoms with Crippen LogP contribution in [0.25, 0.3) is 0 Å². The van der Waals surface area contributed by atoms with Crippen LogP contribution < -0.4 is 0 Å². The molecule has 118 valence electrons. The quantitative estimate of drug-likeness (QED) is 0.443. The number of nitrogens with zero attached hydrogens (tertiary/aromatic N) is 1. The third-order valence-corrected chi connectivity index (χ3v) is 4.69. The molecule has 21 heavy (non-hydrogen) atoms. The minimum atomic E-state index is -1.34. The molecule has 1 rings (SSSR count). The molecule has 3 nitrogen and oxygen atoms in total. The molecule has 0 saturated carbocycles. The van der Waals surface area contributed by atoms with E-state index in [9.17, 15) is 4.21 Å². The van der Waals surface area contributed by atoms with Gasteiger partial charge in [0.05, 0.1) is 17.8 Å². The fourth-order valence-corrected chi connectivity index (χ4v) is 2.65. The predicted octanol–water partition coefficient (Wildman–Crippen LogP) is 4.30. The van der Waals surface area contributed by atoms with Crippen molar-refractivity contribution in [3.63, 3.8) is 0 Å². The summed E-state index contributed by atoms with van der Waals surface area (Å²) in [6.07, 6.45) is 1.67. The maximum absolute atomic E-state index is 12.3. The molecule has 0 fully saturated rings. The summed E-state index contributed by atoms with van der Waals surface area (Å²) in [6, 6.07) is 10.0. The van der Waals surface area contributed by atoms with Gasteiger partial charge in [-0.15, -0.1) is 11.6 Å². The van der Waals surface area contributed by atoms with Crippen molar-refractivity contribution in [3.05, 3.63) is 35.9 Å². The zero-order valence-corrected chi connectivity index (χ0v) is 14.7. The monoisotopic (exact) mass is 329 g/mol. The SMILES string of the molecule is CO/C(=N\[S@](=O)C(C)(C)C)[C@@H](CCCCl)c1ccccc1. The summed E-state index contributed by atoms with van der Waals surface area (Å²) in [7, 11) is 0.242. The summed E-state index contributed by atoms with van der Waals surface area (Å²) < 4.78 is 21.6. The molecule has 1 aromatic rings. The number of methoxy groups -OCH3 is 1. The first-order valence-electron chi connectivity index (χ1n) is 7.05. The van der Waals surface area contributed by atoms with Gasteiger partial charge in [0.1, 0.15) is 11.0 Å². The Hall–Kier alpha value is -0.870. The lowest BCUT2D eigenvalue weighted by atomic mass is 9.94. The number of halogens is 1. The summed E-state index contributed by atoms with van der Waals surface area (Å²) in [5.41, 5.74) is 1.11. The average molecular weight is 330 g/mol. The minimum absolute atomic E-state index is 0.0127. The molecule has 0 amide bonds. The van der Waals surface area contributed by atoms with E-state index in [2.05, 4.69) is 4.40 Å². The van der Waals surface area contributed by atoms with Gasteiger partial charge in [-0.3, -0.25) is 0 Å². The van der Waals surface area contributed by atoms with Crippen molar-refractivity contribution in [2.45, 2.75) is 44.3 Å². The second-order valence-corrected chi connectivity index (χ2v) is 8.07. The van der Waals surface area contributed by atoms with E-state index in [-0.39, 0.29) is 5.92 Å². The molecule has 2 atom stereocenters. The number of benzene rings is 1. The molecule has 1 aromatic carbocycles. The van der Waals surface area contributed by atoms with Gasteiger partial charge in [-0.25, -0.2) is 4.21 Å². The van der Waals surface area contributed by atoms with Gasteiger partial charge in [-0.2, -0.15) is 4.40 Å². The van der Waals surface area contributed by atoms with E-state index in [0.29, 0.717) is 11.8 Å². The Morgan fingerprint density at radius 3 is 2.43 bits per heavy atom. The summed E-state index contributed by atoms with van der Waals surface area (Å²) >= 11 is 5.82. The molecule has 0 bridgehead atoms. The van der Waals surface area contributed by atoms with Gasteiger partial charge in [-0.1, -0.05) is 30.3 Å². The van der Waals surface area contributed by atoms with Crippen LogP contribution in [0.1, 0.15) is 45.1 Å². The highest BCUT2D eigenvalue weighted by Gasteiger charge is 2.24. The third-order valence-electron chi connectivity index (χ3n) is 3.03. The van der Waals surface area contributed by atoms with Crippen LogP contribution in [-0.2, 0) is 15.7 Å². The Labute approximate surface area is 135 Å². The molecule has 0 unspecified atom stereocenters. The average Bonchev–Trinajstić information content (AvgIpc) is 2.46. The Kier molecular flexibility index (Phi) is 7.40. The normalized spacial score (nSPS) is 15.6. The maximum Gasteiger partial charge on any atom is 0.204 e. The van der Waals surface area contributed by atoms with Crippen LogP contribution in [0.4, 0.5) is 0 Å². The van der Waals surface area contributed by atoms with Crippen LogP contribution in [0.5, 0.6) is 0 Å². The van der Waals surface area contributed by atoms with Crippen LogP contribution in [0, 0.1) is 0 Å². The Morgan fingerprint density at radius 1 is 1.33 bits per heavy atom. The molecule has 0 aliphatic heterocycles. The summed E-state index contributed by atoms with van der Waals surface area (Å²) in [5, 5.41) is 0. The number of alkyl halides is 1. The van der Waals surface area contributed by atoms with Gasteiger partial charge in [0.15, 0.2) is 0 Å². The van der Waals surface area contributed by atoms with Crippen LogP contribution in [0.15, 0.2) is 34.7 Å². The topological polar surface area (TPSA) is 38.7 Å². The van der Waals surface area contributed by atoms with E-state index >= 15 is 0 Å². The van der Waals surface area contributed by atoms with Gasteiger partial charge in [0, 0.05) is 5.88 Å². The van der Waals surface area contributed by atoms with E-state index in [1.807, 2.05) is 51.1 Å². The first-order chi connectivity index (χ1) is 9.90. The van der Waals surface area contributed by atoms with Crippen molar-refractivity contribution in [1.82, 2.24) is 0 Å². The van der Waals surface area contributed by atoms with Gasteiger partial charge in [-0.05, 0) is 39.2 Å². The molecule has 0 radical (unpaired) electrons. The number of rotatable bonds is 6. The van der Waals surface area contributed by atoms with E-state index in [1.165, 1.54) is 0 Å². The van der Waals surface area contributed by atoms with Gasteiger partial charge in [0.2, 0.25) is 5.90 Å². The summed E-state index contributed by atoms with van der Waals surface area (Å²) in [5.74, 6) is 1.09. The van der Waals surface area contributed by atoms with Crippen molar-refractivity contribution >= 4 is 28.5 Å². The Morgan fingerprint density at radius 2 is 1.95 bits per heavy atom. The highest BCUT2D eigenvalue weighted by Crippen LogP contribution is 2.25. The number of hydrogen-bond donors (Lipinski definition) is 0. The highest BCUT2D eigenvalue weighted by atomic mass is 35.5. The number of ether oxygens (including phenoxy) is 1. The molecular formula is C16H24ClNO2S. The maximum atomic E-state index is 12.3. The van der Waals surface area contributed by atoms with Gasteiger partial charge in [0.25, 0.3) is 0 Å². The molecule has 0 aliphatic rings. The lowest BCUT2D eigenvalue weighted by Crippen LogP contribution is -2.23. The summed E-state index contributed by atoms with van der Waals surface area (Å²) in [6.45, 7) is 5.70. The smallest absolute Gasteiger partial charge is 0.204 e. The number of hydrogen-bond acceptors (Lipinski definition) is 2. The van der Waals surface area contributed by atoms with Crippen LogP contribution >= 0.6 is 11.6 Å². The zero-order valence-electron chi connectivity index (χ0n) is 13.1. The molecule has 0 saturated heterocycles.